The molecule has 4 aromatic rings. The molecule has 6 rings (SSSR count). The Kier molecular flexibility index (Phi) is 32.7. The quantitative estimate of drug-likeness (QED) is 0.0700. The van der Waals surface area contributed by atoms with Gasteiger partial charge in [0.2, 0.25) is 35.4 Å². The van der Waals surface area contributed by atoms with Crippen LogP contribution in [0.1, 0.15) is 47.4 Å². The van der Waals surface area contributed by atoms with Gasteiger partial charge in [0, 0.05) is 39.0 Å². The molecule has 2 aromatic heterocycles. The largest absolute Gasteiger partial charge is 0.467 e. The molecule has 6 amide bonds. The van der Waals surface area contributed by atoms with Crippen molar-refractivity contribution in [1.82, 2.24) is 36.9 Å². The molecule has 2 fully saturated rings. The van der Waals surface area contributed by atoms with Crippen molar-refractivity contribution < 1.29 is 42.7 Å². The van der Waals surface area contributed by atoms with E-state index in [2.05, 4.69) is 76.4 Å². The van der Waals surface area contributed by atoms with Gasteiger partial charge in [-0.05, 0) is 104 Å². The summed E-state index contributed by atoms with van der Waals surface area (Å²) in [7, 11) is 0. The van der Waals surface area contributed by atoms with Crippen LogP contribution in [0.4, 0.5) is 0 Å². The number of carbonyl (C=O) groups excluding carboxylic acids is 6. The lowest BCUT2D eigenvalue weighted by atomic mass is 10.1. The number of nitrogens with one attached hydrogen (secondary N) is 6. The Bertz CT molecular complexity index is 2110. The summed E-state index contributed by atoms with van der Waals surface area (Å²) >= 11 is 0. The topological polar surface area (TPSA) is 219 Å². The second-order valence-corrected chi connectivity index (χ2v) is 14.4. The third-order valence-electron chi connectivity index (χ3n) is 9.13. The van der Waals surface area contributed by atoms with Crippen LogP contribution in [-0.4, -0.2) is 78.9 Å². The maximum Gasteiger partial charge on any atom is 0.243 e. The Hall–Kier alpha value is -7.95. The van der Waals surface area contributed by atoms with E-state index in [4.69, 9.17) is 13.9 Å². The van der Waals surface area contributed by atoms with Crippen molar-refractivity contribution in [3.63, 3.8) is 0 Å². The number of furan rings is 1. The normalized spacial score (nSPS) is 13.5. The Morgan fingerprint density at radius 1 is 0.594 bits per heavy atom. The highest BCUT2D eigenvalue weighted by Gasteiger charge is 2.16. The number of aromatic nitrogens is 1. The first-order valence-electron chi connectivity index (χ1n) is 22.0. The number of aryl methyl sites for hydroxylation is 1. The first-order valence-corrected chi connectivity index (χ1v) is 22.0. The van der Waals surface area contributed by atoms with Crippen molar-refractivity contribution in [2.24, 2.45) is 0 Å². The van der Waals surface area contributed by atoms with Crippen LogP contribution in [0.25, 0.3) is 0 Å². The van der Waals surface area contributed by atoms with E-state index < -0.39 is 0 Å². The van der Waals surface area contributed by atoms with Crippen molar-refractivity contribution >= 4 is 35.4 Å². The van der Waals surface area contributed by atoms with Crippen LogP contribution in [0.5, 0.6) is 0 Å². The van der Waals surface area contributed by atoms with Gasteiger partial charge in [-0.2, -0.15) is 0 Å². The Morgan fingerprint density at radius 2 is 1.16 bits per heavy atom. The fourth-order valence-corrected chi connectivity index (χ4v) is 5.33. The molecule has 2 aliphatic heterocycles. The summed E-state index contributed by atoms with van der Waals surface area (Å²) in [5, 5.41) is 16.1. The average Bonchev–Trinajstić information content (AvgIpc) is 4.23. The fourth-order valence-electron chi connectivity index (χ4n) is 5.33. The Balaban J connectivity index is 0.000000415. The molecular formula is C53H67N7O9. The average molecular weight is 946 g/mol. The molecule has 4 heterocycles. The second kappa shape index (κ2) is 38.2. The highest BCUT2D eigenvalue weighted by Crippen LogP contribution is 2.10. The fraction of sp³-hybridized carbons (Fsp3) is 0.264. The van der Waals surface area contributed by atoms with Crippen LogP contribution in [0, 0.1) is 6.92 Å². The molecule has 2 atom stereocenters. The van der Waals surface area contributed by atoms with Gasteiger partial charge in [0.25, 0.3) is 0 Å². The molecule has 2 aliphatic rings. The number of rotatable bonds is 17. The lowest BCUT2D eigenvalue weighted by Crippen LogP contribution is -2.33. The maximum atomic E-state index is 10.9. The molecule has 69 heavy (non-hydrogen) atoms. The van der Waals surface area contributed by atoms with E-state index in [0.29, 0.717) is 39.3 Å². The summed E-state index contributed by atoms with van der Waals surface area (Å²) < 4.78 is 15.3. The minimum absolute atomic E-state index is 0.115. The zero-order valence-electron chi connectivity index (χ0n) is 39.5. The molecule has 0 bridgehead atoms. The van der Waals surface area contributed by atoms with Gasteiger partial charge in [0.1, 0.15) is 5.76 Å². The predicted molar refractivity (Wildman–Crippen MR) is 268 cm³/mol. The number of hydrogen-bond donors (Lipinski definition) is 6. The van der Waals surface area contributed by atoms with Gasteiger partial charge < -0.3 is 45.8 Å². The molecule has 0 spiro atoms. The van der Waals surface area contributed by atoms with E-state index in [9.17, 15) is 28.8 Å². The number of pyridine rings is 1. The van der Waals surface area contributed by atoms with E-state index in [1.165, 1.54) is 42.0 Å². The van der Waals surface area contributed by atoms with Gasteiger partial charge in [-0.1, -0.05) is 100 Å². The maximum absolute atomic E-state index is 10.9. The molecule has 6 N–H and O–H groups in total. The first kappa shape index (κ1) is 59.1. The summed E-state index contributed by atoms with van der Waals surface area (Å²) in [5.74, 6) is -0.152. The van der Waals surface area contributed by atoms with Crippen molar-refractivity contribution in [2.45, 2.75) is 64.5 Å². The Morgan fingerprint density at radius 3 is 1.68 bits per heavy atom. The van der Waals surface area contributed by atoms with Gasteiger partial charge in [-0.3, -0.25) is 33.8 Å². The van der Waals surface area contributed by atoms with Gasteiger partial charge in [0.05, 0.1) is 43.8 Å². The molecule has 368 valence electrons. The minimum Gasteiger partial charge on any atom is -0.467 e. The van der Waals surface area contributed by atoms with Crippen LogP contribution in [0.3, 0.4) is 0 Å². The summed E-state index contributed by atoms with van der Waals surface area (Å²) in [4.78, 5) is 68.4. The first-order chi connectivity index (χ1) is 33.4. The van der Waals surface area contributed by atoms with Crippen molar-refractivity contribution in [2.75, 3.05) is 26.4 Å². The van der Waals surface area contributed by atoms with Crippen LogP contribution < -0.4 is 31.9 Å². The van der Waals surface area contributed by atoms with Gasteiger partial charge in [0.15, 0.2) is 0 Å². The minimum atomic E-state index is -0.193. The smallest absolute Gasteiger partial charge is 0.243 e. The lowest BCUT2D eigenvalue weighted by Gasteiger charge is -2.08. The highest BCUT2D eigenvalue weighted by atomic mass is 16.5. The number of ether oxygens (including phenoxy) is 2. The SMILES string of the molecule is C=CC(=O)NC1CCOC1.C=CC(=O)NCC1CCCO1.C=CC(=O)NCc1ccccc1.C=CC(=O)NCc1ccccc1C.C=CC(=O)NCc1ccccn1.C=CC(=O)NCc1ccco1. The molecular weight excluding hydrogens is 879 g/mol. The third-order valence-corrected chi connectivity index (χ3v) is 9.13. The molecule has 2 unspecified atom stereocenters. The van der Waals surface area contributed by atoms with E-state index in [0.717, 1.165) is 55.1 Å². The van der Waals surface area contributed by atoms with Crippen LogP contribution in [0.2, 0.25) is 0 Å². The molecule has 16 nitrogen and oxygen atoms in total. The van der Waals surface area contributed by atoms with Gasteiger partial charge in [-0.25, -0.2) is 0 Å². The number of amides is 6. The van der Waals surface area contributed by atoms with Crippen molar-refractivity contribution in [3.05, 3.63) is 201 Å². The summed E-state index contributed by atoms with van der Waals surface area (Å²) in [6.07, 6.45) is 14.1. The molecule has 2 saturated heterocycles. The van der Waals surface area contributed by atoms with Crippen molar-refractivity contribution in [1.29, 1.82) is 0 Å². The zero-order valence-corrected chi connectivity index (χ0v) is 39.5. The van der Waals surface area contributed by atoms with E-state index in [-0.39, 0.29) is 47.6 Å². The van der Waals surface area contributed by atoms with Crippen LogP contribution >= 0.6 is 0 Å². The summed E-state index contributed by atoms with van der Waals surface area (Å²) in [6.45, 7) is 27.0. The number of hydrogen-bond acceptors (Lipinski definition) is 10. The van der Waals surface area contributed by atoms with E-state index in [1.807, 2.05) is 79.7 Å². The van der Waals surface area contributed by atoms with E-state index in [1.54, 1.807) is 24.6 Å². The Labute approximate surface area is 406 Å². The van der Waals surface area contributed by atoms with Gasteiger partial charge >= 0.3 is 0 Å². The standard InChI is InChI=1S/C11H13NO.C10H11NO.C9H10N2O.C8H13NO2.C8H9NO2.C7H11NO2/c1-3-11(13)12-8-10-7-5-4-6-9(10)2;1-2-10(12)11-8-9-6-4-3-5-7-9;1-2-9(12)11-7-8-5-3-4-6-10-8;2*1-2-8(10)9-6-7-4-3-5-11-7;1-2-7(9)8-6-3-4-10-5-6/h3-7H,1,8H2,2H3,(H,12,13);2-7H,1,8H2,(H,11,12);2-6H,1,7H2,(H,11,12);2,7H,1,3-6H2,(H,9,10);2-5H,1,6H2,(H,9,10);2,6H,1,3-5H2,(H,8,9). The molecule has 16 heteroatoms. The second-order valence-electron chi connectivity index (χ2n) is 14.4. The number of nitrogens with zero attached hydrogens (tertiary/aromatic N) is 1. The molecule has 0 saturated carbocycles. The molecule has 2 aromatic carbocycles. The molecule has 0 radical (unpaired) electrons. The number of carbonyl (C=O) groups is 6. The van der Waals surface area contributed by atoms with Crippen molar-refractivity contribution in [3.8, 4) is 0 Å². The third kappa shape index (κ3) is 30.8. The predicted octanol–water partition coefficient (Wildman–Crippen LogP) is 5.80. The van der Waals surface area contributed by atoms with Crippen LogP contribution in [0.15, 0.2) is 178 Å². The molecule has 0 aliphatic carbocycles. The zero-order chi connectivity index (χ0) is 50.9. The highest BCUT2D eigenvalue weighted by molar-refractivity contribution is 5.88. The lowest BCUT2D eigenvalue weighted by molar-refractivity contribution is -0.117. The summed E-state index contributed by atoms with van der Waals surface area (Å²) in [5.41, 5.74) is 4.25. The van der Waals surface area contributed by atoms with Crippen LogP contribution in [-0.2, 0) is 64.4 Å². The van der Waals surface area contributed by atoms with E-state index >= 15 is 0 Å². The number of benzene rings is 2. The summed E-state index contributed by atoms with van der Waals surface area (Å²) in [6, 6.07) is 27.0. The monoisotopic (exact) mass is 946 g/mol. The van der Waals surface area contributed by atoms with Gasteiger partial charge in [-0.15, -0.1) is 0 Å².